The number of rotatable bonds is 4. The van der Waals surface area contributed by atoms with Gasteiger partial charge < -0.3 is 10.1 Å². The Labute approximate surface area is 138 Å². The molecule has 1 N–H and O–H groups in total. The molecule has 0 aliphatic rings. The maximum atomic E-state index is 12.0. The molecule has 0 bridgehead atoms. The highest BCUT2D eigenvalue weighted by molar-refractivity contribution is 6.31. The van der Waals surface area contributed by atoms with Gasteiger partial charge in [0, 0.05) is 15.7 Å². The molecule has 4 nitrogen and oxygen atoms in total. The van der Waals surface area contributed by atoms with Gasteiger partial charge in [0.15, 0.2) is 6.10 Å². The summed E-state index contributed by atoms with van der Waals surface area (Å²) in [5, 5.41) is 3.55. The van der Waals surface area contributed by atoms with Gasteiger partial charge in [-0.05, 0) is 43.3 Å². The summed E-state index contributed by atoms with van der Waals surface area (Å²) in [6, 6.07) is 13.0. The molecule has 0 fully saturated rings. The predicted molar refractivity (Wildman–Crippen MR) is 86.4 cm³/mol. The lowest BCUT2D eigenvalue weighted by Crippen LogP contribution is -2.30. The molecule has 1 unspecified atom stereocenters. The van der Waals surface area contributed by atoms with Crippen LogP contribution in [0.1, 0.15) is 17.3 Å². The monoisotopic (exact) mass is 337 g/mol. The van der Waals surface area contributed by atoms with E-state index < -0.39 is 18.0 Å². The summed E-state index contributed by atoms with van der Waals surface area (Å²) in [6.45, 7) is 1.49. The number of benzene rings is 2. The Bertz CT molecular complexity index is 703. The van der Waals surface area contributed by atoms with E-state index in [4.69, 9.17) is 27.9 Å². The second-order valence-corrected chi connectivity index (χ2v) is 5.43. The van der Waals surface area contributed by atoms with E-state index >= 15 is 0 Å². The van der Waals surface area contributed by atoms with Gasteiger partial charge in [-0.1, -0.05) is 35.3 Å². The summed E-state index contributed by atoms with van der Waals surface area (Å²) in [7, 11) is 0. The molecule has 114 valence electrons. The molecule has 0 saturated heterocycles. The van der Waals surface area contributed by atoms with Crippen molar-refractivity contribution in [3.05, 3.63) is 64.1 Å². The topological polar surface area (TPSA) is 55.4 Å². The third-order valence-electron chi connectivity index (χ3n) is 2.81. The number of amides is 1. The minimum absolute atomic E-state index is 0.287. The molecule has 2 aromatic rings. The zero-order valence-electron chi connectivity index (χ0n) is 11.7. The van der Waals surface area contributed by atoms with Crippen LogP contribution in [0.25, 0.3) is 0 Å². The van der Waals surface area contributed by atoms with Crippen LogP contribution in [0.4, 0.5) is 5.69 Å². The number of ether oxygens (including phenoxy) is 1. The Morgan fingerprint density at radius 3 is 2.32 bits per heavy atom. The SMILES string of the molecule is CC(OC(=O)c1cccc(Cl)c1)C(=O)Nc1cccc(Cl)c1. The van der Waals surface area contributed by atoms with Gasteiger partial charge in [0.05, 0.1) is 5.56 Å². The fourth-order valence-corrected chi connectivity index (χ4v) is 2.09. The molecule has 1 amide bonds. The van der Waals surface area contributed by atoms with Crippen LogP contribution in [0.15, 0.2) is 48.5 Å². The second-order valence-electron chi connectivity index (χ2n) is 4.56. The van der Waals surface area contributed by atoms with Crippen molar-refractivity contribution in [2.24, 2.45) is 0 Å². The number of esters is 1. The van der Waals surface area contributed by atoms with Crippen molar-refractivity contribution in [1.82, 2.24) is 0 Å². The molecule has 2 rings (SSSR count). The number of nitrogens with one attached hydrogen (secondary N) is 1. The average molecular weight is 338 g/mol. The number of hydrogen-bond acceptors (Lipinski definition) is 3. The fourth-order valence-electron chi connectivity index (χ4n) is 1.71. The molecular weight excluding hydrogens is 325 g/mol. The van der Waals surface area contributed by atoms with E-state index in [-0.39, 0.29) is 5.56 Å². The van der Waals surface area contributed by atoms with Crippen LogP contribution in [0.2, 0.25) is 10.0 Å². The smallest absolute Gasteiger partial charge is 0.338 e. The van der Waals surface area contributed by atoms with Crippen molar-refractivity contribution in [2.75, 3.05) is 5.32 Å². The molecule has 0 saturated carbocycles. The van der Waals surface area contributed by atoms with Crippen LogP contribution < -0.4 is 5.32 Å². The molecule has 2 aromatic carbocycles. The normalized spacial score (nSPS) is 11.6. The summed E-state index contributed by atoms with van der Waals surface area (Å²) in [4.78, 5) is 23.9. The summed E-state index contributed by atoms with van der Waals surface area (Å²) < 4.78 is 5.11. The summed E-state index contributed by atoms with van der Waals surface area (Å²) in [5.41, 5.74) is 0.818. The molecule has 0 radical (unpaired) electrons. The highest BCUT2D eigenvalue weighted by atomic mass is 35.5. The van der Waals surface area contributed by atoms with Crippen molar-refractivity contribution < 1.29 is 14.3 Å². The quantitative estimate of drug-likeness (QED) is 0.851. The Kier molecular flexibility index (Phi) is 5.41. The van der Waals surface area contributed by atoms with E-state index in [2.05, 4.69) is 5.32 Å². The van der Waals surface area contributed by atoms with Crippen LogP contribution in [-0.2, 0) is 9.53 Å². The molecule has 0 aliphatic heterocycles. The first kappa shape index (κ1) is 16.3. The number of halogens is 2. The number of carbonyl (C=O) groups is 2. The molecule has 1 atom stereocenters. The lowest BCUT2D eigenvalue weighted by atomic mass is 10.2. The van der Waals surface area contributed by atoms with E-state index in [1.807, 2.05) is 0 Å². The van der Waals surface area contributed by atoms with E-state index in [1.54, 1.807) is 42.5 Å². The molecule has 0 aromatic heterocycles. The van der Waals surface area contributed by atoms with Crippen LogP contribution in [0, 0.1) is 0 Å². The Morgan fingerprint density at radius 2 is 1.68 bits per heavy atom. The third-order valence-corrected chi connectivity index (χ3v) is 3.28. The fraction of sp³-hybridized carbons (Fsp3) is 0.125. The van der Waals surface area contributed by atoms with Gasteiger partial charge in [0.25, 0.3) is 5.91 Å². The zero-order chi connectivity index (χ0) is 16.1. The lowest BCUT2D eigenvalue weighted by Gasteiger charge is -2.13. The van der Waals surface area contributed by atoms with Crippen molar-refractivity contribution in [1.29, 1.82) is 0 Å². The summed E-state index contributed by atoms with van der Waals surface area (Å²) in [6.07, 6.45) is -0.953. The molecular formula is C16H13Cl2NO3. The van der Waals surface area contributed by atoms with Gasteiger partial charge in [-0.15, -0.1) is 0 Å². The maximum Gasteiger partial charge on any atom is 0.338 e. The maximum absolute atomic E-state index is 12.0. The van der Waals surface area contributed by atoms with Crippen molar-refractivity contribution in [2.45, 2.75) is 13.0 Å². The van der Waals surface area contributed by atoms with Gasteiger partial charge in [0.2, 0.25) is 0 Å². The van der Waals surface area contributed by atoms with Crippen LogP contribution >= 0.6 is 23.2 Å². The minimum atomic E-state index is -0.953. The minimum Gasteiger partial charge on any atom is -0.449 e. The van der Waals surface area contributed by atoms with E-state index in [9.17, 15) is 9.59 Å². The van der Waals surface area contributed by atoms with E-state index in [0.29, 0.717) is 15.7 Å². The first-order valence-corrected chi connectivity index (χ1v) is 7.24. The van der Waals surface area contributed by atoms with Crippen LogP contribution in [-0.4, -0.2) is 18.0 Å². The number of anilines is 1. The largest absolute Gasteiger partial charge is 0.449 e. The first-order valence-electron chi connectivity index (χ1n) is 6.48. The van der Waals surface area contributed by atoms with Gasteiger partial charge in [0.1, 0.15) is 0 Å². The number of carbonyl (C=O) groups excluding carboxylic acids is 2. The van der Waals surface area contributed by atoms with Crippen molar-refractivity contribution in [3.8, 4) is 0 Å². The predicted octanol–water partition coefficient (Wildman–Crippen LogP) is 4.18. The summed E-state index contributed by atoms with van der Waals surface area (Å²) in [5.74, 6) is -1.06. The molecule has 0 aliphatic carbocycles. The van der Waals surface area contributed by atoms with Gasteiger partial charge in [-0.2, -0.15) is 0 Å². The van der Waals surface area contributed by atoms with E-state index in [0.717, 1.165) is 0 Å². The Balaban J connectivity index is 1.98. The van der Waals surface area contributed by atoms with Crippen molar-refractivity contribution in [3.63, 3.8) is 0 Å². The lowest BCUT2D eigenvalue weighted by molar-refractivity contribution is -0.123. The molecule has 0 spiro atoms. The molecule has 0 heterocycles. The zero-order valence-corrected chi connectivity index (χ0v) is 13.2. The Morgan fingerprint density at radius 1 is 1.05 bits per heavy atom. The number of hydrogen-bond donors (Lipinski definition) is 1. The van der Waals surface area contributed by atoms with Crippen molar-refractivity contribution >= 4 is 40.8 Å². The molecule has 6 heteroatoms. The first-order chi connectivity index (χ1) is 10.5. The third kappa shape index (κ3) is 4.48. The Hall–Kier alpha value is -2.04. The summed E-state index contributed by atoms with van der Waals surface area (Å²) >= 11 is 11.6. The van der Waals surface area contributed by atoms with Gasteiger partial charge in [-0.3, -0.25) is 4.79 Å². The molecule has 22 heavy (non-hydrogen) atoms. The second kappa shape index (κ2) is 7.29. The highest BCUT2D eigenvalue weighted by Gasteiger charge is 2.19. The van der Waals surface area contributed by atoms with Gasteiger partial charge >= 0.3 is 5.97 Å². The van der Waals surface area contributed by atoms with Gasteiger partial charge in [-0.25, -0.2) is 4.79 Å². The van der Waals surface area contributed by atoms with Crippen LogP contribution in [0.3, 0.4) is 0 Å². The highest BCUT2D eigenvalue weighted by Crippen LogP contribution is 2.16. The van der Waals surface area contributed by atoms with E-state index in [1.165, 1.54) is 13.0 Å². The standard InChI is InChI=1S/C16H13Cl2NO3/c1-10(15(20)19-14-7-3-6-13(18)9-14)22-16(21)11-4-2-5-12(17)8-11/h2-10H,1H3,(H,19,20). The average Bonchev–Trinajstić information content (AvgIpc) is 2.47. The van der Waals surface area contributed by atoms with Crippen LogP contribution in [0.5, 0.6) is 0 Å².